The number of nitrogens with one attached hydrogen (secondary N) is 1. The molecule has 2 aromatic heterocycles. The molecule has 0 aromatic carbocycles. The average molecular weight is 265 g/mol. The largest absolute Gasteiger partial charge is 0.379 e. The molecule has 3 heterocycles. The first-order chi connectivity index (χ1) is 8.85. The standard InChI is InChI=1S/C9H11N7OS/c10-15-7-12-8(16-3-1-2-11-16)14-9(13-7)18-6-4-17-5-6/h1-3,6H,4-5,10H2,(H,12,13,14,15). The van der Waals surface area contributed by atoms with Crippen molar-refractivity contribution in [3.05, 3.63) is 18.5 Å². The smallest absolute Gasteiger partial charge is 0.256 e. The zero-order valence-electron chi connectivity index (χ0n) is 9.35. The van der Waals surface area contributed by atoms with E-state index in [1.807, 2.05) is 0 Å². The molecule has 1 aliphatic rings. The summed E-state index contributed by atoms with van der Waals surface area (Å²) in [7, 11) is 0. The van der Waals surface area contributed by atoms with Crippen molar-refractivity contribution in [2.45, 2.75) is 10.4 Å². The lowest BCUT2D eigenvalue weighted by Crippen LogP contribution is -2.30. The Kier molecular flexibility index (Phi) is 3.09. The summed E-state index contributed by atoms with van der Waals surface area (Å²) in [6, 6.07) is 1.80. The molecule has 8 nitrogen and oxygen atoms in total. The quantitative estimate of drug-likeness (QED) is 0.580. The fourth-order valence-electron chi connectivity index (χ4n) is 1.38. The molecule has 3 N–H and O–H groups in total. The van der Waals surface area contributed by atoms with Crippen molar-refractivity contribution in [3.8, 4) is 5.95 Å². The predicted molar refractivity (Wildman–Crippen MR) is 65.2 cm³/mol. The second kappa shape index (κ2) is 4.88. The zero-order chi connectivity index (χ0) is 12.4. The first-order valence-corrected chi connectivity index (χ1v) is 6.20. The number of aromatic nitrogens is 5. The van der Waals surface area contributed by atoms with Crippen LogP contribution >= 0.6 is 11.8 Å². The van der Waals surface area contributed by atoms with E-state index in [4.69, 9.17) is 10.6 Å². The van der Waals surface area contributed by atoms with Crippen LogP contribution in [0.2, 0.25) is 0 Å². The summed E-state index contributed by atoms with van der Waals surface area (Å²) in [4.78, 5) is 12.7. The van der Waals surface area contributed by atoms with E-state index in [1.54, 1.807) is 34.9 Å². The van der Waals surface area contributed by atoms with Gasteiger partial charge in [0.05, 0.1) is 18.5 Å². The molecule has 18 heavy (non-hydrogen) atoms. The maximum Gasteiger partial charge on any atom is 0.256 e. The van der Waals surface area contributed by atoms with E-state index in [1.165, 1.54) is 0 Å². The number of hydrogen-bond donors (Lipinski definition) is 2. The lowest BCUT2D eigenvalue weighted by Gasteiger charge is -2.24. The van der Waals surface area contributed by atoms with Gasteiger partial charge in [0.15, 0.2) is 5.16 Å². The number of hydrazine groups is 1. The lowest BCUT2D eigenvalue weighted by molar-refractivity contribution is 0.0454. The van der Waals surface area contributed by atoms with Crippen LogP contribution in [0.5, 0.6) is 0 Å². The van der Waals surface area contributed by atoms with E-state index < -0.39 is 0 Å². The fraction of sp³-hybridized carbons (Fsp3) is 0.333. The van der Waals surface area contributed by atoms with Crippen molar-refractivity contribution in [3.63, 3.8) is 0 Å². The first-order valence-electron chi connectivity index (χ1n) is 5.32. The maximum atomic E-state index is 5.35. The second-order valence-corrected chi connectivity index (χ2v) is 4.88. The molecule has 0 spiro atoms. The molecular weight excluding hydrogens is 254 g/mol. The Labute approximate surface area is 107 Å². The van der Waals surface area contributed by atoms with Gasteiger partial charge >= 0.3 is 0 Å². The molecule has 0 amide bonds. The second-order valence-electron chi connectivity index (χ2n) is 3.61. The van der Waals surface area contributed by atoms with Gasteiger partial charge in [0.2, 0.25) is 5.95 Å². The Hall–Kier alpha value is -1.71. The molecule has 0 unspecified atom stereocenters. The third-order valence-electron chi connectivity index (χ3n) is 2.32. The SMILES string of the molecule is NNc1nc(SC2COC2)nc(-n2cccn2)n1. The van der Waals surface area contributed by atoms with Crippen LogP contribution in [0.3, 0.4) is 0 Å². The van der Waals surface area contributed by atoms with Gasteiger partial charge in [0.25, 0.3) is 5.95 Å². The number of ether oxygens (including phenoxy) is 1. The Morgan fingerprint density at radius 3 is 2.89 bits per heavy atom. The summed E-state index contributed by atoms with van der Waals surface area (Å²) < 4.78 is 6.68. The molecular formula is C9H11N7OS. The minimum atomic E-state index is 0.318. The van der Waals surface area contributed by atoms with Gasteiger partial charge in [-0.05, 0) is 6.07 Å². The highest BCUT2D eigenvalue weighted by atomic mass is 32.2. The van der Waals surface area contributed by atoms with Crippen molar-refractivity contribution < 1.29 is 4.74 Å². The van der Waals surface area contributed by atoms with Crippen molar-refractivity contribution in [2.75, 3.05) is 18.6 Å². The molecule has 1 fully saturated rings. The highest BCUT2D eigenvalue weighted by Crippen LogP contribution is 2.25. The topological polar surface area (TPSA) is 104 Å². The van der Waals surface area contributed by atoms with Gasteiger partial charge in [0.1, 0.15) is 0 Å². The van der Waals surface area contributed by atoms with E-state index >= 15 is 0 Å². The summed E-state index contributed by atoms with van der Waals surface area (Å²) in [6.45, 7) is 1.44. The summed E-state index contributed by atoms with van der Waals surface area (Å²) in [5, 5.41) is 5.08. The van der Waals surface area contributed by atoms with Gasteiger partial charge in [-0.2, -0.15) is 20.1 Å². The summed E-state index contributed by atoms with van der Waals surface area (Å²) in [5.41, 5.74) is 2.43. The minimum absolute atomic E-state index is 0.318. The van der Waals surface area contributed by atoms with Gasteiger partial charge in [-0.15, -0.1) is 0 Å². The van der Waals surface area contributed by atoms with E-state index in [2.05, 4.69) is 25.5 Å². The van der Waals surface area contributed by atoms with Crippen LogP contribution in [0.25, 0.3) is 5.95 Å². The Bertz CT molecular complexity index is 528. The van der Waals surface area contributed by atoms with Crippen molar-refractivity contribution in [1.29, 1.82) is 0 Å². The van der Waals surface area contributed by atoms with Gasteiger partial charge in [0, 0.05) is 12.4 Å². The van der Waals surface area contributed by atoms with Crippen LogP contribution in [0.15, 0.2) is 23.6 Å². The average Bonchev–Trinajstić information content (AvgIpc) is 2.87. The molecule has 0 saturated carbocycles. The molecule has 0 atom stereocenters. The van der Waals surface area contributed by atoms with E-state index in [-0.39, 0.29) is 0 Å². The summed E-state index contributed by atoms with van der Waals surface area (Å²) in [5.74, 6) is 6.11. The third-order valence-corrected chi connectivity index (χ3v) is 3.32. The monoisotopic (exact) mass is 265 g/mol. The number of nitrogens with two attached hydrogens (primary N) is 1. The Balaban J connectivity index is 1.90. The number of rotatable bonds is 4. The van der Waals surface area contributed by atoms with Crippen LogP contribution in [0.4, 0.5) is 5.95 Å². The van der Waals surface area contributed by atoms with E-state index in [0.29, 0.717) is 22.3 Å². The number of nitrogen functional groups attached to an aromatic ring is 1. The van der Waals surface area contributed by atoms with Gasteiger partial charge in [-0.1, -0.05) is 11.8 Å². The van der Waals surface area contributed by atoms with Crippen LogP contribution in [-0.2, 0) is 4.74 Å². The maximum absolute atomic E-state index is 5.35. The molecule has 94 valence electrons. The Morgan fingerprint density at radius 1 is 1.39 bits per heavy atom. The molecule has 0 aliphatic carbocycles. The number of hydrogen-bond acceptors (Lipinski definition) is 8. The minimum Gasteiger partial charge on any atom is -0.379 e. The van der Waals surface area contributed by atoms with Crippen molar-refractivity contribution in [1.82, 2.24) is 24.7 Å². The molecule has 0 radical (unpaired) electrons. The highest BCUT2D eigenvalue weighted by Gasteiger charge is 2.22. The normalized spacial score (nSPS) is 15.4. The lowest BCUT2D eigenvalue weighted by atomic mass is 10.4. The van der Waals surface area contributed by atoms with Crippen molar-refractivity contribution in [2.24, 2.45) is 5.84 Å². The third kappa shape index (κ3) is 2.28. The molecule has 1 aliphatic heterocycles. The molecule has 3 rings (SSSR count). The first kappa shape index (κ1) is 11.4. The zero-order valence-corrected chi connectivity index (χ0v) is 10.2. The van der Waals surface area contributed by atoms with E-state index in [0.717, 1.165) is 13.2 Å². The number of thioether (sulfide) groups is 1. The van der Waals surface area contributed by atoms with Crippen LogP contribution in [-0.4, -0.2) is 43.2 Å². The van der Waals surface area contributed by atoms with Crippen LogP contribution < -0.4 is 11.3 Å². The van der Waals surface area contributed by atoms with Crippen molar-refractivity contribution >= 4 is 17.7 Å². The molecule has 9 heteroatoms. The van der Waals surface area contributed by atoms with Gasteiger partial charge in [-0.3, -0.25) is 5.43 Å². The highest BCUT2D eigenvalue weighted by molar-refractivity contribution is 7.99. The summed E-state index contributed by atoms with van der Waals surface area (Å²) in [6.07, 6.45) is 3.42. The van der Waals surface area contributed by atoms with Gasteiger partial charge < -0.3 is 4.74 Å². The summed E-state index contributed by atoms with van der Waals surface area (Å²) >= 11 is 1.55. The fourth-order valence-corrected chi connectivity index (χ4v) is 2.28. The molecule has 0 bridgehead atoms. The Morgan fingerprint density at radius 2 is 2.28 bits per heavy atom. The predicted octanol–water partition coefficient (Wildman–Crippen LogP) is -0.166. The number of nitrogens with zero attached hydrogens (tertiary/aromatic N) is 5. The van der Waals surface area contributed by atoms with Crippen LogP contribution in [0, 0.1) is 0 Å². The molecule has 2 aromatic rings. The van der Waals surface area contributed by atoms with E-state index in [9.17, 15) is 0 Å². The molecule has 1 saturated heterocycles. The van der Waals surface area contributed by atoms with Crippen LogP contribution in [0.1, 0.15) is 0 Å². The number of anilines is 1. The van der Waals surface area contributed by atoms with Gasteiger partial charge in [-0.25, -0.2) is 10.5 Å².